The molecule has 0 aliphatic heterocycles. The summed E-state index contributed by atoms with van der Waals surface area (Å²) >= 11 is 5.56. The van der Waals surface area contributed by atoms with Crippen molar-refractivity contribution in [1.82, 2.24) is 0 Å². The highest BCUT2D eigenvalue weighted by Crippen LogP contribution is 2.15. The van der Waals surface area contributed by atoms with E-state index in [0.717, 1.165) is 6.07 Å². The molecule has 0 saturated heterocycles. The highest BCUT2D eigenvalue weighted by atomic mass is 35.5. The Kier molecular flexibility index (Phi) is 4.05. The van der Waals surface area contributed by atoms with Gasteiger partial charge in [-0.25, -0.2) is 9.18 Å². The van der Waals surface area contributed by atoms with Gasteiger partial charge in [-0.3, -0.25) is 0 Å². The predicted octanol–water partition coefficient (Wildman–Crippen LogP) is 2.47. The van der Waals surface area contributed by atoms with Crippen LogP contribution in [0, 0.1) is 5.82 Å². The van der Waals surface area contributed by atoms with Gasteiger partial charge >= 0.3 is 5.97 Å². The smallest absolute Gasteiger partial charge is 0.332 e. The number of aliphatic carboxylic acids is 1. The molecule has 15 heavy (non-hydrogen) atoms. The Bertz CT molecular complexity index is 368. The maximum absolute atomic E-state index is 13.2. The third-order valence-corrected chi connectivity index (χ3v) is 2.09. The molecular weight excluding hydrogens is 223 g/mol. The fourth-order valence-corrected chi connectivity index (χ4v) is 1.08. The van der Waals surface area contributed by atoms with Crippen molar-refractivity contribution in [3.63, 3.8) is 0 Å². The number of carbonyl (C=O) groups is 1. The van der Waals surface area contributed by atoms with E-state index in [9.17, 15) is 9.18 Å². The lowest BCUT2D eigenvalue weighted by molar-refractivity contribution is -0.149. The summed E-state index contributed by atoms with van der Waals surface area (Å²) in [6, 6.07) is 4.15. The third-order valence-electron chi connectivity index (χ3n) is 1.85. The zero-order valence-electron chi connectivity index (χ0n) is 8.04. The molecule has 0 radical (unpaired) electrons. The second kappa shape index (κ2) is 5.09. The molecule has 0 fully saturated rings. The van der Waals surface area contributed by atoms with Crippen molar-refractivity contribution in [3.8, 4) is 0 Å². The van der Waals surface area contributed by atoms with Crippen molar-refractivity contribution in [1.29, 1.82) is 0 Å². The van der Waals surface area contributed by atoms with Crippen LogP contribution in [0.5, 0.6) is 0 Å². The molecule has 82 valence electrons. The van der Waals surface area contributed by atoms with Gasteiger partial charge in [0, 0.05) is 10.6 Å². The molecule has 1 rings (SSSR count). The number of carboxylic acids is 1. The molecule has 0 aliphatic carbocycles. The third kappa shape index (κ3) is 3.49. The topological polar surface area (TPSA) is 46.5 Å². The van der Waals surface area contributed by atoms with Gasteiger partial charge < -0.3 is 9.84 Å². The Morgan fingerprint density at radius 3 is 2.87 bits per heavy atom. The molecule has 0 bridgehead atoms. The summed E-state index contributed by atoms with van der Waals surface area (Å²) in [5.74, 6) is -1.58. The summed E-state index contributed by atoms with van der Waals surface area (Å²) < 4.78 is 18.1. The van der Waals surface area contributed by atoms with E-state index in [4.69, 9.17) is 21.4 Å². The minimum absolute atomic E-state index is 0.0868. The van der Waals surface area contributed by atoms with E-state index in [1.807, 2.05) is 0 Å². The minimum atomic E-state index is -1.08. The molecule has 0 saturated carbocycles. The lowest BCUT2D eigenvalue weighted by Crippen LogP contribution is -2.19. The normalized spacial score (nSPS) is 12.5. The number of ether oxygens (including phenoxy) is 1. The van der Waals surface area contributed by atoms with Crippen LogP contribution in [-0.2, 0) is 16.1 Å². The number of hydrogen-bond donors (Lipinski definition) is 1. The van der Waals surface area contributed by atoms with Gasteiger partial charge in [-0.15, -0.1) is 0 Å². The lowest BCUT2D eigenvalue weighted by atomic mass is 10.2. The standard InChI is InChI=1S/C10H10ClFO3/c1-6(10(13)14)15-5-7-2-3-8(11)4-9(7)12/h2-4,6H,5H2,1H3,(H,13,14)/t6-/m0/s1. The van der Waals surface area contributed by atoms with E-state index in [2.05, 4.69) is 0 Å². The average Bonchev–Trinajstić information content (AvgIpc) is 2.15. The van der Waals surface area contributed by atoms with Gasteiger partial charge in [0.25, 0.3) is 0 Å². The SMILES string of the molecule is C[C@H](OCc1ccc(Cl)cc1F)C(=O)O. The summed E-state index contributed by atoms with van der Waals surface area (Å²) in [6.45, 7) is 1.30. The van der Waals surface area contributed by atoms with E-state index >= 15 is 0 Å². The monoisotopic (exact) mass is 232 g/mol. The number of hydrogen-bond acceptors (Lipinski definition) is 2. The van der Waals surface area contributed by atoms with Crippen molar-refractivity contribution in [2.24, 2.45) is 0 Å². The highest BCUT2D eigenvalue weighted by molar-refractivity contribution is 6.30. The van der Waals surface area contributed by atoms with Gasteiger partial charge in [0.2, 0.25) is 0 Å². The average molecular weight is 233 g/mol. The van der Waals surface area contributed by atoms with Crippen LogP contribution in [0.4, 0.5) is 4.39 Å². The largest absolute Gasteiger partial charge is 0.479 e. The number of carboxylic acid groups (broad SMARTS) is 1. The van der Waals surface area contributed by atoms with Gasteiger partial charge in [-0.2, -0.15) is 0 Å². The van der Waals surface area contributed by atoms with E-state index < -0.39 is 17.9 Å². The quantitative estimate of drug-likeness (QED) is 0.868. The maximum Gasteiger partial charge on any atom is 0.332 e. The molecule has 1 aromatic rings. The van der Waals surface area contributed by atoms with Crippen LogP contribution in [-0.4, -0.2) is 17.2 Å². The van der Waals surface area contributed by atoms with Crippen LogP contribution in [0.25, 0.3) is 0 Å². The van der Waals surface area contributed by atoms with Gasteiger partial charge in [0.05, 0.1) is 6.61 Å². The maximum atomic E-state index is 13.2. The van der Waals surface area contributed by atoms with Crippen molar-refractivity contribution in [3.05, 3.63) is 34.6 Å². The molecule has 1 atom stereocenters. The van der Waals surface area contributed by atoms with Crippen LogP contribution >= 0.6 is 11.6 Å². The highest BCUT2D eigenvalue weighted by Gasteiger charge is 2.12. The van der Waals surface area contributed by atoms with Gasteiger partial charge in [-0.1, -0.05) is 17.7 Å². The van der Waals surface area contributed by atoms with E-state index in [0.29, 0.717) is 5.02 Å². The molecule has 0 spiro atoms. The molecule has 1 N–H and O–H groups in total. The van der Waals surface area contributed by atoms with Gasteiger partial charge in [0.1, 0.15) is 5.82 Å². The van der Waals surface area contributed by atoms with Gasteiger partial charge in [-0.05, 0) is 19.1 Å². The van der Waals surface area contributed by atoms with E-state index in [1.165, 1.54) is 19.1 Å². The van der Waals surface area contributed by atoms with Gasteiger partial charge in [0.15, 0.2) is 6.10 Å². The fourth-order valence-electron chi connectivity index (χ4n) is 0.925. The summed E-state index contributed by atoms with van der Waals surface area (Å²) in [6.07, 6.45) is -0.958. The minimum Gasteiger partial charge on any atom is -0.479 e. The Morgan fingerprint density at radius 2 is 2.33 bits per heavy atom. The first-order chi connectivity index (χ1) is 7.00. The van der Waals surface area contributed by atoms with Crippen LogP contribution in [0.2, 0.25) is 5.02 Å². The Morgan fingerprint density at radius 1 is 1.67 bits per heavy atom. The molecule has 1 aromatic carbocycles. The Balaban J connectivity index is 2.62. The zero-order valence-corrected chi connectivity index (χ0v) is 8.79. The molecular formula is C10H10ClFO3. The summed E-state index contributed by atoms with van der Waals surface area (Å²) in [5.41, 5.74) is 0.285. The summed E-state index contributed by atoms with van der Waals surface area (Å²) in [4.78, 5) is 10.4. The first-order valence-corrected chi connectivity index (χ1v) is 4.67. The second-order valence-electron chi connectivity index (χ2n) is 3.03. The summed E-state index contributed by atoms with van der Waals surface area (Å²) in [7, 11) is 0. The molecule has 0 heterocycles. The molecule has 0 unspecified atom stereocenters. The summed E-state index contributed by atoms with van der Waals surface area (Å²) in [5, 5.41) is 8.83. The molecule has 0 aliphatic rings. The molecule has 3 nitrogen and oxygen atoms in total. The van der Waals surface area contributed by atoms with E-state index in [1.54, 1.807) is 0 Å². The number of benzene rings is 1. The Hall–Kier alpha value is -1.13. The molecule has 0 aromatic heterocycles. The second-order valence-corrected chi connectivity index (χ2v) is 3.46. The fraction of sp³-hybridized carbons (Fsp3) is 0.300. The number of rotatable bonds is 4. The van der Waals surface area contributed by atoms with Crippen LogP contribution in [0.15, 0.2) is 18.2 Å². The van der Waals surface area contributed by atoms with Crippen LogP contribution in [0.3, 0.4) is 0 Å². The first-order valence-electron chi connectivity index (χ1n) is 4.29. The van der Waals surface area contributed by atoms with E-state index in [-0.39, 0.29) is 12.2 Å². The predicted molar refractivity (Wildman–Crippen MR) is 53.3 cm³/mol. The van der Waals surface area contributed by atoms with Crippen molar-refractivity contribution in [2.45, 2.75) is 19.6 Å². The number of halogens is 2. The Labute approximate surface area is 91.4 Å². The van der Waals surface area contributed by atoms with Crippen molar-refractivity contribution < 1.29 is 19.0 Å². The van der Waals surface area contributed by atoms with Crippen molar-refractivity contribution >= 4 is 17.6 Å². The molecule has 0 amide bonds. The first kappa shape index (κ1) is 11.9. The van der Waals surface area contributed by atoms with Crippen LogP contribution < -0.4 is 0 Å². The van der Waals surface area contributed by atoms with Crippen molar-refractivity contribution in [2.75, 3.05) is 0 Å². The zero-order chi connectivity index (χ0) is 11.4. The van der Waals surface area contributed by atoms with Crippen LogP contribution in [0.1, 0.15) is 12.5 Å². The lowest BCUT2D eigenvalue weighted by Gasteiger charge is -2.08. The molecule has 5 heteroatoms.